The normalized spacial score (nSPS) is 15.6. The molecule has 1 aliphatic carbocycles. The SMILES string of the molecule is CN(C)C(=O)CCCNCCC1CC1. The van der Waals surface area contributed by atoms with Gasteiger partial charge in [0.25, 0.3) is 0 Å². The van der Waals surface area contributed by atoms with E-state index in [-0.39, 0.29) is 5.91 Å². The first-order valence-electron chi connectivity index (χ1n) is 5.61. The van der Waals surface area contributed by atoms with Gasteiger partial charge >= 0.3 is 0 Å². The van der Waals surface area contributed by atoms with Gasteiger partial charge in [-0.3, -0.25) is 4.79 Å². The largest absolute Gasteiger partial charge is 0.349 e. The van der Waals surface area contributed by atoms with Crippen LogP contribution in [-0.2, 0) is 4.79 Å². The van der Waals surface area contributed by atoms with Gasteiger partial charge in [-0.25, -0.2) is 0 Å². The maximum Gasteiger partial charge on any atom is 0.222 e. The van der Waals surface area contributed by atoms with Gasteiger partial charge in [-0.05, 0) is 31.8 Å². The second-order valence-electron chi connectivity index (χ2n) is 4.37. The van der Waals surface area contributed by atoms with Crippen LogP contribution in [0.5, 0.6) is 0 Å². The van der Waals surface area contributed by atoms with Gasteiger partial charge in [-0.2, -0.15) is 0 Å². The van der Waals surface area contributed by atoms with E-state index in [2.05, 4.69) is 5.32 Å². The lowest BCUT2D eigenvalue weighted by molar-refractivity contribution is -0.128. The smallest absolute Gasteiger partial charge is 0.222 e. The van der Waals surface area contributed by atoms with Crippen molar-refractivity contribution >= 4 is 5.91 Å². The molecule has 0 unspecified atom stereocenters. The summed E-state index contributed by atoms with van der Waals surface area (Å²) in [5.41, 5.74) is 0. The molecule has 3 nitrogen and oxygen atoms in total. The zero-order valence-electron chi connectivity index (χ0n) is 9.38. The van der Waals surface area contributed by atoms with E-state index in [1.54, 1.807) is 4.90 Å². The molecule has 1 N–H and O–H groups in total. The number of hydrogen-bond donors (Lipinski definition) is 1. The number of amides is 1. The number of nitrogens with one attached hydrogen (secondary N) is 1. The lowest BCUT2D eigenvalue weighted by atomic mass is 10.2. The molecular weight excluding hydrogens is 176 g/mol. The van der Waals surface area contributed by atoms with E-state index < -0.39 is 0 Å². The molecule has 0 aromatic rings. The summed E-state index contributed by atoms with van der Waals surface area (Å²) < 4.78 is 0. The Kier molecular flexibility index (Phi) is 4.94. The van der Waals surface area contributed by atoms with Crippen molar-refractivity contribution < 1.29 is 4.79 Å². The summed E-state index contributed by atoms with van der Waals surface area (Å²) in [7, 11) is 3.62. The second kappa shape index (κ2) is 6.02. The monoisotopic (exact) mass is 198 g/mol. The van der Waals surface area contributed by atoms with Crippen LogP contribution in [0, 0.1) is 5.92 Å². The Labute approximate surface area is 86.9 Å². The van der Waals surface area contributed by atoms with Gasteiger partial charge in [-0.15, -0.1) is 0 Å². The van der Waals surface area contributed by atoms with Gasteiger partial charge in [0.05, 0.1) is 0 Å². The second-order valence-corrected chi connectivity index (χ2v) is 4.37. The first kappa shape index (κ1) is 11.5. The van der Waals surface area contributed by atoms with Crippen LogP contribution in [0.25, 0.3) is 0 Å². The molecule has 1 rings (SSSR count). The molecule has 0 aliphatic heterocycles. The van der Waals surface area contributed by atoms with Crippen LogP contribution in [0.3, 0.4) is 0 Å². The Bertz CT molecular complexity index is 176. The van der Waals surface area contributed by atoms with E-state index in [4.69, 9.17) is 0 Å². The van der Waals surface area contributed by atoms with Gasteiger partial charge in [0, 0.05) is 20.5 Å². The predicted molar refractivity (Wildman–Crippen MR) is 58.1 cm³/mol. The highest BCUT2D eigenvalue weighted by Gasteiger charge is 2.19. The molecule has 0 bridgehead atoms. The quantitative estimate of drug-likeness (QED) is 0.624. The van der Waals surface area contributed by atoms with E-state index in [9.17, 15) is 4.79 Å². The van der Waals surface area contributed by atoms with E-state index in [1.807, 2.05) is 14.1 Å². The summed E-state index contributed by atoms with van der Waals surface area (Å²) in [6.07, 6.45) is 5.81. The number of nitrogens with zero attached hydrogens (tertiary/aromatic N) is 1. The van der Waals surface area contributed by atoms with Crippen molar-refractivity contribution in [3.05, 3.63) is 0 Å². The summed E-state index contributed by atoms with van der Waals surface area (Å²) in [5, 5.41) is 3.38. The summed E-state index contributed by atoms with van der Waals surface area (Å²) in [6, 6.07) is 0. The molecule has 1 fully saturated rings. The third kappa shape index (κ3) is 5.22. The summed E-state index contributed by atoms with van der Waals surface area (Å²) in [5.74, 6) is 1.24. The predicted octanol–water partition coefficient (Wildman–Crippen LogP) is 1.24. The fraction of sp³-hybridized carbons (Fsp3) is 0.909. The Morgan fingerprint density at radius 2 is 2.07 bits per heavy atom. The van der Waals surface area contributed by atoms with Crippen molar-refractivity contribution in [2.75, 3.05) is 27.2 Å². The van der Waals surface area contributed by atoms with Crippen LogP contribution >= 0.6 is 0 Å². The first-order valence-corrected chi connectivity index (χ1v) is 5.61. The molecule has 14 heavy (non-hydrogen) atoms. The Balaban J connectivity index is 1.81. The molecule has 0 heterocycles. The van der Waals surface area contributed by atoms with Crippen LogP contribution in [0.2, 0.25) is 0 Å². The highest BCUT2D eigenvalue weighted by molar-refractivity contribution is 5.75. The highest BCUT2D eigenvalue weighted by Crippen LogP contribution is 2.31. The molecule has 0 aromatic heterocycles. The number of rotatable bonds is 7. The number of carbonyl (C=O) groups is 1. The molecule has 1 saturated carbocycles. The van der Waals surface area contributed by atoms with Gasteiger partial charge in [0.15, 0.2) is 0 Å². The van der Waals surface area contributed by atoms with Crippen molar-refractivity contribution in [1.29, 1.82) is 0 Å². The van der Waals surface area contributed by atoms with Crippen molar-refractivity contribution in [1.82, 2.24) is 10.2 Å². The fourth-order valence-electron chi connectivity index (χ4n) is 1.43. The first-order chi connectivity index (χ1) is 6.70. The van der Waals surface area contributed by atoms with E-state index >= 15 is 0 Å². The minimum atomic E-state index is 0.231. The number of hydrogen-bond acceptors (Lipinski definition) is 2. The minimum Gasteiger partial charge on any atom is -0.349 e. The fourth-order valence-corrected chi connectivity index (χ4v) is 1.43. The average molecular weight is 198 g/mol. The zero-order valence-corrected chi connectivity index (χ0v) is 9.38. The third-order valence-electron chi connectivity index (χ3n) is 2.67. The molecule has 1 aliphatic rings. The van der Waals surface area contributed by atoms with Gasteiger partial charge in [-0.1, -0.05) is 12.8 Å². The molecular formula is C11H22N2O. The summed E-state index contributed by atoms with van der Waals surface area (Å²) in [6.45, 7) is 2.10. The summed E-state index contributed by atoms with van der Waals surface area (Å²) in [4.78, 5) is 12.8. The Morgan fingerprint density at radius 3 is 2.64 bits per heavy atom. The molecule has 3 heteroatoms. The van der Waals surface area contributed by atoms with Crippen LogP contribution in [0.15, 0.2) is 0 Å². The van der Waals surface area contributed by atoms with Crippen LogP contribution in [0.1, 0.15) is 32.1 Å². The average Bonchev–Trinajstić information content (AvgIpc) is 2.94. The minimum absolute atomic E-state index is 0.231. The molecule has 0 radical (unpaired) electrons. The molecule has 0 aromatic carbocycles. The van der Waals surface area contributed by atoms with Gasteiger partial charge < -0.3 is 10.2 Å². The van der Waals surface area contributed by atoms with Crippen LogP contribution in [0.4, 0.5) is 0 Å². The van der Waals surface area contributed by atoms with E-state index in [0.717, 1.165) is 25.4 Å². The van der Waals surface area contributed by atoms with Crippen molar-refractivity contribution in [2.24, 2.45) is 5.92 Å². The van der Waals surface area contributed by atoms with E-state index in [0.29, 0.717) is 6.42 Å². The van der Waals surface area contributed by atoms with E-state index in [1.165, 1.54) is 19.3 Å². The molecule has 0 atom stereocenters. The topological polar surface area (TPSA) is 32.3 Å². The molecule has 0 spiro atoms. The maximum atomic E-state index is 11.2. The van der Waals surface area contributed by atoms with Gasteiger partial charge in [0.2, 0.25) is 5.91 Å². The number of carbonyl (C=O) groups excluding carboxylic acids is 1. The van der Waals surface area contributed by atoms with Crippen molar-refractivity contribution in [2.45, 2.75) is 32.1 Å². The Hall–Kier alpha value is -0.570. The standard InChI is InChI=1S/C11H22N2O/c1-13(2)11(14)4-3-8-12-9-7-10-5-6-10/h10,12H,3-9H2,1-2H3. The Morgan fingerprint density at radius 1 is 1.36 bits per heavy atom. The van der Waals surface area contributed by atoms with Crippen LogP contribution < -0.4 is 5.32 Å². The zero-order chi connectivity index (χ0) is 10.4. The third-order valence-corrected chi connectivity index (χ3v) is 2.67. The maximum absolute atomic E-state index is 11.2. The lowest BCUT2D eigenvalue weighted by Crippen LogP contribution is -2.23. The van der Waals surface area contributed by atoms with Crippen LogP contribution in [-0.4, -0.2) is 38.0 Å². The van der Waals surface area contributed by atoms with Crippen molar-refractivity contribution in [3.63, 3.8) is 0 Å². The lowest BCUT2D eigenvalue weighted by Gasteiger charge is -2.09. The van der Waals surface area contributed by atoms with Crippen molar-refractivity contribution in [3.8, 4) is 0 Å². The van der Waals surface area contributed by atoms with Gasteiger partial charge in [0.1, 0.15) is 0 Å². The molecule has 0 saturated heterocycles. The summed E-state index contributed by atoms with van der Waals surface area (Å²) >= 11 is 0. The highest BCUT2D eigenvalue weighted by atomic mass is 16.2. The molecule has 82 valence electrons. The molecule has 1 amide bonds.